The molecule has 2 aliphatic heterocycles. The largest absolute Gasteiger partial charge is 0.468 e. The molecule has 0 saturated carbocycles. The summed E-state index contributed by atoms with van der Waals surface area (Å²) >= 11 is 0. The zero-order valence-corrected chi connectivity index (χ0v) is 13.1. The Kier molecular flexibility index (Phi) is 3.87. The number of hydrogen-bond acceptors (Lipinski definition) is 4. The van der Waals surface area contributed by atoms with Crippen molar-refractivity contribution in [3.63, 3.8) is 0 Å². The number of aromatic nitrogens is 1. The van der Waals surface area contributed by atoms with Crippen LogP contribution in [0.2, 0.25) is 0 Å². The quantitative estimate of drug-likeness (QED) is 0.870. The summed E-state index contributed by atoms with van der Waals surface area (Å²) in [6.45, 7) is 2.53. The van der Waals surface area contributed by atoms with Gasteiger partial charge in [0.2, 0.25) is 5.91 Å². The zero-order valence-electron chi connectivity index (χ0n) is 13.1. The van der Waals surface area contributed by atoms with Crippen molar-refractivity contribution in [1.29, 1.82) is 0 Å². The summed E-state index contributed by atoms with van der Waals surface area (Å²) in [5, 5.41) is 0. The van der Waals surface area contributed by atoms with Crippen LogP contribution in [0.15, 0.2) is 47.3 Å². The van der Waals surface area contributed by atoms with Gasteiger partial charge in [-0.05, 0) is 36.6 Å². The second-order valence-electron chi connectivity index (χ2n) is 6.39. The number of pyridine rings is 1. The number of carbonyl (C=O) groups is 1. The minimum atomic E-state index is 0.273. The van der Waals surface area contributed by atoms with Crippen molar-refractivity contribution in [2.24, 2.45) is 0 Å². The van der Waals surface area contributed by atoms with E-state index >= 15 is 0 Å². The summed E-state index contributed by atoms with van der Waals surface area (Å²) in [5.41, 5.74) is 1.10. The van der Waals surface area contributed by atoms with E-state index in [4.69, 9.17) is 4.42 Å². The third kappa shape index (κ3) is 2.88. The van der Waals surface area contributed by atoms with Crippen LogP contribution in [0.1, 0.15) is 30.6 Å². The van der Waals surface area contributed by atoms with Crippen LogP contribution in [0.4, 0.5) is 0 Å². The van der Waals surface area contributed by atoms with Crippen LogP contribution in [0.25, 0.3) is 0 Å². The van der Waals surface area contributed by atoms with E-state index in [-0.39, 0.29) is 5.91 Å². The fourth-order valence-corrected chi connectivity index (χ4v) is 3.93. The van der Waals surface area contributed by atoms with E-state index in [0.717, 1.165) is 37.3 Å². The maximum Gasteiger partial charge on any atom is 0.223 e. The Balaban J connectivity index is 1.49. The Morgan fingerprint density at radius 3 is 2.91 bits per heavy atom. The molecule has 0 spiro atoms. The van der Waals surface area contributed by atoms with Crippen molar-refractivity contribution >= 4 is 5.91 Å². The number of furan rings is 1. The van der Waals surface area contributed by atoms with Crippen LogP contribution in [-0.4, -0.2) is 39.3 Å². The van der Waals surface area contributed by atoms with Crippen molar-refractivity contribution in [1.82, 2.24) is 14.8 Å². The molecule has 2 aliphatic rings. The van der Waals surface area contributed by atoms with E-state index in [1.165, 1.54) is 0 Å². The number of rotatable bonds is 4. The lowest BCUT2D eigenvalue weighted by atomic mass is 9.95. The first-order valence-electron chi connectivity index (χ1n) is 8.26. The van der Waals surface area contributed by atoms with Gasteiger partial charge in [-0.25, -0.2) is 0 Å². The highest BCUT2D eigenvalue weighted by Gasteiger charge is 2.43. The van der Waals surface area contributed by atoms with E-state index in [9.17, 15) is 4.79 Å². The van der Waals surface area contributed by atoms with Crippen molar-refractivity contribution in [2.45, 2.75) is 44.4 Å². The standard InChI is InChI=1S/C18H21N3O2/c22-18-6-5-16-17(21(18)12-14-3-1-8-19-11-14)7-9-20(16)13-15-4-2-10-23-15/h1-4,8,10-11,16-17H,5-7,9,12-13H2/t16-,17-/m0/s1. The van der Waals surface area contributed by atoms with Crippen molar-refractivity contribution in [3.8, 4) is 0 Å². The Hall–Kier alpha value is -2.14. The number of likely N-dealkylation sites (tertiary alicyclic amines) is 2. The lowest BCUT2D eigenvalue weighted by molar-refractivity contribution is -0.138. The average Bonchev–Trinajstić information content (AvgIpc) is 3.22. The SMILES string of the molecule is O=C1CC[C@H]2[C@H](CCN2Cc2ccco2)N1Cc1cccnc1. The fraction of sp³-hybridized carbons (Fsp3) is 0.444. The van der Waals surface area contributed by atoms with Gasteiger partial charge in [0.25, 0.3) is 0 Å². The number of hydrogen-bond donors (Lipinski definition) is 0. The maximum absolute atomic E-state index is 12.4. The van der Waals surface area contributed by atoms with Gasteiger partial charge in [0.05, 0.1) is 12.8 Å². The highest BCUT2D eigenvalue weighted by Crippen LogP contribution is 2.33. The first-order valence-corrected chi connectivity index (χ1v) is 8.26. The van der Waals surface area contributed by atoms with Gasteiger partial charge < -0.3 is 9.32 Å². The number of carbonyl (C=O) groups excluding carboxylic acids is 1. The summed E-state index contributed by atoms with van der Waals surface area (Å²) in [4.78, 5) is 21.1. The molecule has 0 aliphatic carbocycles. The molecule has 2 aromatic rings. The lowest BCUT2D eigenvalue weighted by Gasteiger charge is -2.39. The highest BCUT2D eigenvalue weighted by atomic mass is 16.3. The summed E-state index contributed by atoms with van der Waals surface area (Å²) in [6.07, 6.45) is 7.97. The molecule has 23 heavy (non-hydrogen) atoms. The topological polar surface area (TPSA) is 49.6 Å². The van der Waals surface area contributed by atoms with Gasteiger partial charge in [-0.2, -0.15) is 0 Å². The van der Waals surface area contributed by atoms with Crippen LogP contribution in [0.5, 0.6) is 0 Å². The smallest absolute Gasteiger partial charge is 0.223 e. The monoisotopic (exact) mass is 311 g/mol. The van der Waals surface area contributed by atoms with Gasteiger partial charge in [-0.3, -0.25) is 14.7 Å². The van der Waals surface area contributed by atoms with Gasteiger partial charge in [0, 0.05) is 44.0 Å². The lowest BCUT2D eigenvalue weighted by Crippen LogP contribution is -2.51. The maximum atomic E-state index is 12.4. The molecule has 4 heterocycles. The predicted molar refractivity (Wildman–Crippen MR) is 85.3 cm³/mol. The third-order valence-electron chi connectivity index (χ3n) is 5.01. The van der Waals surface area contributed by atoms with Gasteiger partial charge in [-0.1, -0.05) is 6.07 Å². The molecular formula is C18H21N3O2. The molecule has 0 N–H and O–H groups in total. The first-order chi connectivity index (χ1) is 11.3. The summed E-state index contributed by atoms with van der Waals surface area (Å²) in [5.74, 6) is 1.27. The van der Waals surface area contributed by atoms with Crippen LogP contribution in [-0.2, 0) is 17.9 Å². The predicted octanol–water partition coefficient (Wildman–Crippen LogP) is 2.44. The molecule has 5 nitrogen and oxygen atoms in total. The molecule has 0 aromatic carbocycles. The Labute approximate surface area is 135 Å². The molecule has 0 radical (unpaired) electrons. The zero-order chi connectivity index (χ0) is 15.6. The van der Waals surface area contributed by atoms with Crippen LogP contribution < -0.4 is 0 Å². The van der Waals surface area contributed by atoms with E-state index in [0.29, 0.717) is 25.0 Å². The van der Waals surface area contributed by atoms with Gasteiger partial charge in [0.1, 0.15) is 5.76 Å². The molecular weight excluding hydrogens is 290 g/mol. The van der Waals surface area contributed by atoms with E-state index < -0.39 is 0 Å². The second kappa shape index (κ2) is 6.16. The molecule has 0 unspecified atom stereocenters. The second-order valence-corrected chi connectivity index (χ2v) is 6.39. The number of nitrogens with zero attached hydrogens (tertiary/aromatic N) is 3. The molecule has 2 saturated heterocycles. The minimum Gasteiger partial charge on any atom is -0.468 e. The normalized spacial score (nSPS) is 24.9. The molecule has 2 atom stereocenters. The molecule has 120 valence electrons. The highest BCUT2D eigenvalue weighted by molar-refractivity contribution is 5.77. The Bertz CT molecular complexity index is 656. The number of fused-ring (bicyclic) bond motifs is 1. The Morgan fingerprint density at radius 2 is 2.13 bits per heavy atom. The van der Waals surface area contributed by atoms with Gasteiger partial charge in [-0.15, -0.1) is 0 Å². The van der Waals surface area contributed by atoms with E-state index in [1.807, 2.05) is 30.5 Å². The van der Waals surface area contributed by atoms with Gasteiger partial charge >= 0.3 is 0 Å². The molecule has 4 rings (SSSR count). The molecule has 2 aromatic heterocycles. The molecule has 1 amide bonds. The summed E-state index contributed by atoms with van der Waals surface area (Å²) < 4.78 is 5.49. The van der Waals surface area contributed by atoms with E-state index in [1.54, 1.807) is 12.5 Å². The number of piperidine rings is 1. The molecule has 5 heteroatoms. The first kappa shape index (κ1) is 14.5. The van der Waals surface area contributed by atoms with Crippen LogP contribution >= 0.6 is 0 Å². The minimum absolute atomic E-state index is 0.273. The van der Waals surface area contributed by atoms with Crippen molar-refractivity contribution < 1.29 is 9.21 Å². The third-order valence-corrected chi connectivity index (χ3v) is 5.01. The Morgan fingerprint density at radius 1 is 1.17 bits per heavy atom. The number of amides is 1. The average molecular weight is 311 g/mol. The molecule has 2 fully saturated rings. The fourth-order valence-electron chi connectivity index (χ4n) is 3.93. The van der Waals surface area contributed by atoms with Gasteiger partial charge in [0.15, 0.2) is 0 Å². The van der Waals surface area contributed by atoms with Crippen LogP contribution in [0, 0.1) is 0 Å². The van der Waals surface area contributed by atoms with Crippen molar-refractivity contribution in [3.05, 3.63) is 54.2 Å². The van der Waals surface area contributed by atoms with Crippen LogP contribution in [0.3, 0.4) is 0 Å². The summed E-state index contributed by atoms with van der Waals surface area (Å²) in [7, 11) is 0. The summed E-state index contributed by atoms with van der Waals surface area (Å²) in [6, 6.07) is 8.68. The van der Waals surface area contributed by atoms with E-state index in [2.05, 4.69) is 14.8 Å². The molecule has 0 bridgehead atoms. The van der Waals surface area contributed by atoms with Crippen molar-refractivity contribution in [2.75, 3.05) is 6.54 Å².